The van der Waals surface area contributed by atoms with Gasteiger partial charge in [-0.15, -0.1) is 11.3 Å². The summed E-state index contributed by atoms with van der Waals surface area (Å²) in [7, 11) is 1.59. The number of Topliss-reactive ketones (excluding diaryl/α,β-unsaturated/α-hetero) is 3. The van der Waals surface area contributed by atoms with Crippen molar-refractivity contribution in [3.05, 3.63) is 122 Å². The standard InChI is InChI=1S/C32H22ClNO4S/c1-38-21-12-8-18(9-13-21)27-28(29(35)25-7-4-16-39-25)34-24-14-11-20(33)17-19(24)10-15-26(34)32(27)30(36)22-5-2-3-6-23(22)31(32)37/h2-17,26-28H,1H3/t26-,27+,28-/m0/s1. The molecule has 0 radical (unpaired) electrons. The van der Waals surface area contributed by atoms with Crippen molar-refractivity contribution in [2.75, 3.05) is 12.0 Å². The second kappa shape index (κ2) is 8.76. The van der Waals surface area contributed by atoms with Crippen LogP contribution in [-0.2, 0) is 0 Å². The second-order valence-corrected chi connectivity index (χ2v) is 11.4. The monoisotopic (exact) mass is 551 g/mol. The number of nitrogens with zero attached hydrogens (tertiary/aromatic N) is 1. The van der Waals surface area contributed by atoms with Gasteiger partial charge in [-0.1, -0.05) is 66.2 Å². The molecule has 1 aliphatic carbocycles. The molecule has 0 saturated carbocycles. The summed E-state index contributed by atoms with van der Waals surface area (Å²) in [6.07, 6.45) is 3.81. The van der Waals surface area contributed by atoms with Crippen molar-refractivity contribution in [2.24, 2.45) is 5.41 Å². The average Bonchev–Trinajstić information content (AvgIpc) is 3.66. The van der Waals surface area contributed by atoms with E-state index in [1.54, 1.807) is 43.5 Å². The Labute approximate surface area is 234 Å². The molecule has 0 amide bonds. The molecule has 3 heterocycles. The van der Waals surface area contributed by atoms with Crippen molar-refractivity contribution in [3.8, 4) is 5.75 Å². The zero-order valence-electron chi connectivity index (χ0n) is 20.8. The molecule has 1 spiro atoms. The number of carbonyl (C=O) groups excluding carboxylic acids is 3. The van der Waals surface area contributed by atoms with Gasteiger partial charge in [-0.25, -0.2) is 0 Å². The lowest BCUT2D eigenvalue weighted by Crippen LogP contribution is -2.48. The van der Waals surface area contributed by atoms with Crippen LogP contribution >= 0.6 is 22.9 Å². The van der Waals surface area contributed by atoms with E-state index < -0.39 is 23.4 Å². The van der Waals surface area contributed by atoms with Gasteiger partial charge >= 0.3 is 0 Å². The Balaban J connectivity index is 1.54. The molecular weight excluding hydrogens is 530 g/mol. The number of rotatable bonds is 4. The van der Waals surface area contributed by atoms with Crippen molar-refractivity contribution < 1.29 is 19.1 Å². The van der Waals surface area contributed by atoms with E-state index in [9.17, 15) is 14.4 Å². The summed E-state index contributed by atoms with van der Waals surface area (Å²) in [6, 6.07) is 22.0. The first-order valence-corrected chi connectivity index (χ1v) is 13.9. The van der Waals surface area contributed by atoms with Gasteiger partial charge in [0.25, 0.3) is 0 Å². The maximum absolute atomic E-state index is 14.6. The molecule has 0 unspecified atom stereocenters. The third-order valence-corrected chi connectivity index (χ3v) is 9.39. The number of anilines is 1. The molecule has 7 heteroatoms. The molecular formula is C32H22ClNO4S. The summed E-state index contributed by atoms with van der Waals surface area (Å²) in [5, 5.41) is 2.43. The number of carbonyl (C=O) groups is 3. The van der Waals surface area contributed by atoms with E-state index in [4.69, 9.17) is 16.3 Å². The first-order valence-electron chi connectivity index (χ1n) is 12.6. The van der Waals surface area contributed by atoms with Crippen LogP contribution in [0.15, 0.2) is 90.3 Å². The molecule has 3 aliphatic rings. The summed E-state index contributed by atoms with van der Waals surface area (Å²) in [5.41, 5.74) is 1.63. The molecule has 0 bridgehead atoms. The van der Waals surface area contributed by atoms with E-state index in [2.05, 4.69) is 0 Å². The van der Waals surface area contributed by atoms with E-state index >= 15 is 0 Å². The first-order chi connectivity index (χ1) is 19.0. The highest BCUT2D eigenvalue weighted by molar-refractivity contribution is 7.12. The molecule has 3 aromatic carbocycles. The Bertz CT molecular complexity index is 1660. The molecule has 3 atom stereocenters. The van der Waals surface area contributed by atoms with E-state index in [1.165, 1.54) is 11.3 Å². The Morgan fingerprint density at radius 2 is 1.67 bits per heavy atom. The van der Waals surface area contributed by atoms with Gasteiger partial charge < -0.3 is 9.64 Å². The van der Waals surface area contributed by atoms with Crippen molar-refractivity contribution in [1.29, 1.82) is 0 Å². The van der Waals surface area contributed by atoms with Crippen LogP contribution in [0.5, 0.6) is 5.75 Å². The van der Waals surface area contributed by atoms with Gasteiger partial charge in [-0.3, -0.25) is 14.4 Å². The topological polar surface area (TPSA) is 63.7 Å². The Hall–Kier alpha value is -4.00. The molecule has 7 rings (SSSR count). The molecule has 39 heavy (non-hydrogen) atoms. The summed E-state index contributed by atoms with van der Waals surface area (Å²) in [6.45, 7) is 0. The quantitative estimate of drug-likeness (QED) is 0.208. The average molecular weight is 552 g/mol. The van der Waals surface area contributed by atoms with Gasteiger partial charge in [0.05, 0.1) is 18.0 Å². The largest absolute Gasteiger partial charge is 0.497 e. The first kappa shape index (κ1) is 24.1. The van der Waals surface area contributed by atoms with Crippen LogP contribution in [0.3, 0.4) is 0 Å². The number of hydrogen-bond acceptors (Lipinski definition) is 6. The Morgan fingerprint density at radius 1 is 0.949 bits per heavy atom. The van der Waals surface area contributed by atoms with Crippen LogP contribution in [0.2, 0.25) is 5.02 Å². The number of benzene rings is 3. The number of halogens is 1. The SMILES string of the molecule is COc1ccc([C@@H]2[C@@H](C(=O)c3cccs3)N3c4ccc(Cl)cc4C=C[C@H]3C23C(=O)c2ccccc2C3=O)cc1. The summed E-state index contributed by atoms with van der Waals surface area (Å²) in [5.74, 6) is -0.719. The Morgan fingerprint density at radius 3 is 2.31 bits per heavy atom. The highest BCUT2D eigenvalue weighted by Gasteiger charge is 2.71. The summed E-state index contributed by atoms with van der Waals surface area (Å²) >= 11 is 7.70. The van der Waals surface area contributed by atoms with Crippen LogP contribution in [0, 0.1) is 5.41 Å². The van der Waals surface area contributed by atoms with Gasteiger partial charge in [-0.2, -0.15) is 0 Å². The minimum absolute atomic E-state index is 0.125. The lowest BCUT2D eigenvalue weighted by atomic mass is 9.64. The second-order valence-electron chi connectivity index (χ2n) is 10.0. The maximum atomic E-state index is 14.6. The smallest absolute Gasteiger partial charge is 0.195 e. The Kier molecular flexibility index (Phi) is 5.41. The lowest BCUT2D eigenvalue weighted by molar-refractivity contribution is 0.0666. The number of ether oxygens (including phenoxy) is 1. The van der Waals surface area contributed by atoms with E-state index in [0.717, 1.165) is 16.8 Å². The van der Waals surface area contributed by atoms with Crippen LogP contribution in [0.25, 0.3) is 6.08 Å². The molecule has 2 aliphatic heterocycles. The molecule has 1 saturated heterocycles. The van der Waals surface area contributed by atoms with Gasteiger partial charge in [-0.05, 0) is 52.9 Å². The normalized spacial score (nSPS) is 22.1. The lowest BCUT2D eigenvalue weighted by Gasteiger charge is -2.37. The fourth-order valence-corrected chi connectivity index (χ4v) is 7.57. The number of thiophene rings is 1. The van der Waals surface area contributed by atoms with Gasteiger partial charge in [0.2, 0.25) is 0 Å². The number of methoxy groups -OCH3 is 1. The molecule has 1 aromatic heterocycles. The molecule has 5 nitrogen and oxygen atoms in total. The van der Waals surface area contributed by atoms with Gasteiger partial charge in [0.15, 0.2) is 17.3 Å². The predicted octanol–water partition coefficient (Wildman–Crippen LogP) is 6.73. The molecule has 1 fully saturated rings. The van der Waals surface area contributed by atoms with Crippen LogP contribution in [0.1, 0.15) is 47.4 Å². The predicted molar refractivity (Wildman–Crippen MR) is 152 cm³/mol. The zero-order chi connectivity index (χ0) is 26.9. The minimum Gasteiger partial charge on any atom is -0.497 e. The number of ketones is 3. The van der Waals surface area contributed by atoms with Crippen molar-refractivity contribution in [2.45, 2.75) is 18.0 Å². The fourth-order valence-electron chi connectivity index (χ4n) is 6.70. The fraction of sp³-hybridized carbons (Fsp3) is 0.156. The highest BCUT2D eigenvalue weighted by Crippen LogP contribution is 2.61. The summed E-state index contributed by atoms with van der Waals surface area (Å²) < 4.78 is 5.39. The minimum atomic E-state index is -1.52. The maximum Gasteiger partial charge on any atom is 0.195 e. The zero-order valence-corrected chi connectivity index (χ0v) is 22.4. The van der Waals surface area contributed by atoms with Gasteiger partial charge in [0.1, 0.15) is 17.2 Å². The summed E-state index contributed by atoms with van der Waals surface area (Å²) in [4.78, 5) is 46.2. The van der Waals surface area contributed by atoms with Crippen LogP contribution < -0.4 is 9.64 Å². The molecule has 192 valence electrons. The highest BCUT2D eigenvalue weighted by atomic mass is 35.5. The van der Waals surface area contributed by atoms with Crippen LogP contribution in [-0.4, -0.2) is 36.5 Å². The van der Waals surface area contributed by atoms with Crippen molar-refractivity contribution in [3.63, 3.8) is 0 Å². The van der Waals surface area contributed by atoms with Crippen molar-refractivity contribution >= 4 is 52.1 Å². The molecule has 4 aromatic rings. The van der Waals surface area contributed by atoms with Gasteiger partial charge in [0, 0.05) is 27.8 Å². The molecule has 0 N–H and O–H groups in total. The van der Waals surface area contributed by atoms with Crippen molar-refractivity contribution in [1.82, 2.24) is 0 Å². The number of hydrogen-bond donors (Lipinski definition) is 0. The van der Waals surface area contributed by atoms with E-state index in [-0.39, 0.29) is 17.3 Å². The number of fused-ring (bicyclic) bond motifs is 5. The third-order valence-electron chi connectivity index (χ3n) is 8.27. The third kappa shape index (κ3) is 3.22. The van der Waals surface area contributed by atoms with E-state index in [1.807, 2.05) is 64.9 Å². The van der Waals surface area contributed by atoms with Crippen LogP contribution in [0.4, 0.5) is 5.69 Å². The van der Waals surface area contributed by atoms with E-state index in [0.29, 0.717) is 26.8 Å².